The molecule has 2 aliphatic rings. The Kier molecular flexibility index (Phi) is 3.81. The van der Waals surface area contributed by atoms with Crippen LogP contribution in [0.5, 0.6) is 0 Å². The Morgan fingerprint density at radius 3 is 2.71 bits per heavy atom. The maximum atomic E-state index is 6.16. The van der Waals surface area contributed by atoms with E-state index in [0.717, 1.165) is 26.0 Å². The molecule has 17 heavy (non-hydrogen) atoms. The monoisotopic (exact) mass is 240 g/mol. The predicted octanol–water partition coefficient (Wildman–Crippen LogP) is 2.15. The number of ether oxygens (including phenoxy) is 1. The van der Waals surface area contributed by atoms with E-state index in [2.05, 4.69) is 25.7 Å². The lowest BCUT2D eigenvalue weighted by molar-refractivity contribution is -0.129. The van der Waals surface area contributed by atoms with Crippen LogP contribution in [0, 0.1) is 0 Å². The molecule has 0 radical (unpaired) electrons. The molecule has 2 saturated heterocycles. The van der Waals surface area contributed by atoms with Crippen molar-refractivity contribution in [3.05, 3.63) is 0 Å². The largest absolute Gasteiger partial charge is 0.375 e. The molecule has 0 aromatic rings. The van der Waals surface area contributed by atoms with Crippen LogP contribution in [-0.2, 0) is 4.74 Å². The van der Waals surface area contributed by atoms with E-state index in [4.69, 9.17) is 10.5 Å². The number of likely N-dealkylation sites (tertiary alicyclic amines) is 1. The number of hydrogen-bond donors (Lipinski definition) is 1. The molecule has 2 aliphatic heterocycles. The lowest BCUT2D eigenvalue weighted by Crippen LogP contribution is -2.63. The third kappa shape index (κ3) is 2.67. The average Bonchev–Trinajstić information content (AvgIpc) is 2.28. The second kappa shape index (κ2) is 4.87. The Morgan fingerprint density at radius 1 is 1.35 bits per heavy atom. The maximum Gasteiger partial charge on any atom is 0.0644 e. The molecular weight excluding hydrogens is 212 g/mol. The predicted molar refractivity (Wildman–Crippen MR) is 71.1 cm³/mol. The molecule has 0 spiro atoms. The Hall–Kier alpha value is -0.120. The summed E-state index contributed by atoms with van der Waals surface area (Å²) < 4.78 is 5.87. The summed E-state index contributed by atoms with van der Waals surface area (Å²) in [5.41, 5.74) is 6.32. The molecule has 0 bridgehead atoms. The summed E-state index contributed by atoms with van der Waals surface area (Å²) in [7, 11) is 0. The van der Waals surface area contributed by atoms with Gasteiger partial charge in [-0.1, -0.05) is 6.42 Å². The van der Waals surface area contributed by atoms with Gasteiger partial charge >= 0.3 is 0 Å². The van der Waals surface area contributed by atoms with Crippen molar-refractivity contribution in [2.45, 2.75) is 70.1 Å². The van der Waals surface area contributed by atoms with Gasteiger partial charge < -0.3 is 10.5 Å². The second-order valence-electron chi connectivity index (χ2n) is 6.50. The van der Waals surface area contributed by atoms with Gasteiger partial charge in [0, 0.05) is 24.7 Å². The van der Waals surface area contributed by atoms with E-state index in [0.29, 0.717) is 6.04 Å². The highest BCUT2D eigenvalue weighted by molar-refractivity contribution is 5.01. The van der Waals surface area contributed by atoms with Gasteiger partial charge in [0.15, 0.2) is 0 Å². The fourth-order valence-electron chi connectivity index (χ4n) is 3.79. The number of nitrogens with two attached hydrogens (primary N) is 1. The van der Waals surface area contributed by atoms with Crippen LogP contribution in [0.2, 0.25) is 0 Å². The number of nitrogens with zero attached hydrogens (tertiary/aromatic N) is 1. The first kappa shape index (κ1) is 13.3. The summed E-state index contributed by atoms with van der Waals surface area (Å²) in [4.78, 5) is 2.68. The zero-order chi connectivity index (χ0) is 12.5. The van der Waals surface area contributed by atoms with Crippen molar-refractivity contribution in [1.29, 1.82) is 0 Å². The summed E-state index contributed by atoms with van der Waals surface area (Å²) in [6.45, 7) is 9.60. The molecule has 0 aliphatic carbocycles. The SMILES string of the molecule is CC1CCCCN1C1(CN)CCOC(C)(C)C1. The number of piperidine rings is 1. The first-order chi connectivity index (χ1) is 7.99. The van der Waals surface area contributed by atoms with Gasteiger partial charge in [0.05, 0.1) is 5.60 Å². The molecule has 3 nitrogen and oxygen atoms in total. The highest BCUT2D eigenvalue weighted by Crippen LogP contribution is 2.38. The molecule has 100 valence electrons. The van der Waals surface area contributed by atoms with Gasteiger partial charge in [-0.2, -0.15) is 0 Å². The van der Waals surface area contributed by atoms with Crippen LogP contribution in [0.1, 0.15) is 52.9 Å². The maximum absolute atomic E-state index is 6.16. The molecule has 2 heterocycles. The molecule has 2 atom stereocenters. The second-order valence-corrected chi connectivity index (χ2v) is 6.50. The molecule has 2 rings (SSSR count). The zero-order valence-electron chi connectivity index (χ0n) is 11.7. The van der Waals surface area contributed by atoms with E-state index in [-0.39, 0.29) is 11.1 Å². The fourth-order valence-corrected chi connectivity index (χ4v) is 3.79. The summed E-state index contributed by atoms with van der Waals surface area (Å²) in [5, 5.41) is 0. The van der Waals surface area contributed by atoms with Gasteiger partial charge in [-0.15, -0.1) is 0 Å². The quantitative estimate of drug-likeness (QED) is 0.804. The Labute approximate surface area is 106 Å². The van der Waals surface area contributed by atoms with Gasteiger partial charge in [0.25, 0.3) is 0 Å². The van der Waals surface area contributed by atoms with Gasteiger partial charge in [0.1, 0.15) is 0 Å². The van der Waals surface area contributed by atoms with Gasteiger partial charge in [0.2, 0.25) is 0 Å². The summed E-state index contributed by atoms with van der Waals surface area (Å²) in [6.07, 6.45) is 6.19. The van der Waals surface area contributed by atoms with E-state index in [9.17, 15) is 0 Å². The minimum Gasteiger partial charge on any atom is -0.375 e. The Morgan fingerprint density at radius 2 is 2.12 bits per heavy atom. The highest BCUT2D eigenvalue weighted by Gasteiger charge is 2.45. The minimum absolute atomic E-state index is 0.0191. The van der Waals surface area contributed by atoms with Crippen molar-refractivity contribution in [2.24, 2.45) is 5.73 Å². The molecule has 2 fully saturated rings. The van der Waals surface area contributed by atoms with Gasteiger partial charge in [-0.25, -0.2) is 0 Å². The van der Waals surface area contributed by atoms with Crippen LogP contribution in [0.4, 0.5) is 0 Å². The topological polar surface area (TPSA) is 38.5 Å². The lowest BCUT2D eigenvalue weighted by Gasteiger charge is -2.54. The van der Waals surface area contributed by atoms with Crippen molar-refractivity contribution >= 4 is 0 Å². The van der Waals surface area contributed by atoms with E-state index in [1.165, 1.54) is 25.8 Å². The van der Waals surface area contributed by atoms with Gasteiger partial charge in [-0.3, -0.25) is 4.90 Å². The van der Waals surface area contributed by atoms with Crippen LogP contribution in [0.25, 0.3) is 0 Å². The normalized spacial score (nSPS) is 39.2. The van der Waals surface area contributed by atoms with Crippen LogP contribution >= 0.6 is 0 Å². The van der Waals surface area contributed by atoms with Crippen molar-refractivity contribution in [2.75, 3.05) is 19.7 Å². The first-order valence-electron chi connectivity index (χ1n) is 7.10. The highest BCUT2D eigenvalue weighted by atomic mass is 16.5. The van der Waals surface area contributed by atoms with E-state index in [1.807, 2.05) is 0 Å². The molecule has 0 amide bonds. The lowest BCUT2D eigenvalue weighted by atomic mass is 9.78. The molecule has 2 unspecified atom stereocenters. The molecule has 3 heteroatoms. The van der Waals surface area contributed by atoms with Crippen LogP contribution in [0.3, 0.4) is 0 Å². The third-order valence-electron chi connectivity index (χ3n) is 4.61. The molecule has 0 aromatic carbocycles. The molecule has 0 aromatic heterocycles. The molecule has 0 saturated carbocycles. The van der Waals surface area contributed by atoms with Crippen LogP contribution in [-0.4, -0.2) is 41.8 Å². The van der Waals surface area contributed by atoms with Gasteiger partial charge in [-0.05, 0) is 53.0 Å². The number of hydrogen-bond acceptors (Lipinski definition) is 3. The standard InChI is InChI=1S/C14H28N2O/c1-12-6-4-5-8-16(12)14(11-15)7-9-17-13(2,3)10-14/h12H,4-11,15H2,1-3H3. The fraction of sp³-hybridized carbons (Fsp3) is 1.00. The summed E-state index contributed by atoms with van der Waals surface area (Å²) >= 11 is 0. The van der Waals surface area contributed by atoms with Crippen molar-refractivity contribution < 1.29 is 4.74 Å². The smallest absolute Gasteiger partial charge is 0.0644 e. The van der Waals surface area contributed by atoms with Crippen molar-refractivity contribution in [1.82, 2.24) is 4.90 Å². The molecular formula is C14H28N2O. The van der Waals surface area contributed by atoms with E-state index in [1.54, 1.807) is 0 Å². The van der Waals surface area contributed by atoms with E-state index < -0.39 is 0 Å². The third-order valence-corrected chi connectivity index (χ3v) is 4.61. The van der Waals surface area contributed by atoms with Crippen molar-refractivity contribution in [3.63, 3.8) is 0 Å². The van der Waals surface area contributed by atoms with Crippen LogP contribution in [0.15, 0.2) is 0 Å². The van der Waals surface area contributed by atoms with E-state index >= 15 is 0 Å². The Bertz CT molecular complexity index is 267. The minimum atomic E-state index is -0.0191. The summed E-state index contributed by atoms with van der Waals surface area (Å²) in [5.74, 6) is 0. The molecule has 2 N–H and O–H groups in total. The number of rotatable bonds is 2. The summed E-state index contributed by atoms with van der Waals surface area (Å²) in [6, 6.07) is 0.682. The van der Waals surface area contributed by atoms with Crippen LogP contribution < -0.4 is 5.73 Å². The zero-order valence-corrected chi connectivity index (χ0v) is 11.7. The average molecular weight is 240 g/mol. The van der Waals surface area contributed by atoms with Crippen molar-refractivity contribution in [3.8, 4) is 0 Å². The first-order valence-corrected chi connectivity index (χ1v) is 7.10. The Balaban J connectivity index is 2.17.